The van der Waals surface area contributed by atoms with E-state index in [0.29, 0.717) is 5.76 Å². The molecule has 1 aromatic heterocycles. The number of halogens is 1. The van der Waals surface area contributed by atoms with Crippen molar-refractivity contribution < 1.29 is 23.2 Å². The number of ether oxygens (including phenoxy) is 1. The summed E-state index contributed by atoms with van der Waals surface area (Å²) in [7, 11) is 0. The van der Waals surface area contributed by atoms with E-state index < -0.39 is 23.8 Å². The number of nitrogens with zero attached hydrogens (tertiary/aromatic N) is 1. The van der Waals surface area contributed by atoms with Gasteiger partial charge in [0.15, 0.2) is 11.9 Å². The lowest BCUT2D eigenvalue weighted by atomic mass is 10.2. The van der Waals surface area contributed by atoms with Gasteiger partial charge in [-0.05, 0) is 25.5 Å². The quantitative estimate of drug-likeness (QED) is 0.859. The lowest BCUT2D eigenvalue weighted by molar-refractivity contribution is -0.124. The first-order chi connectivity index (χ1) is 10.5. The average molecular weight is 306 g/mol. The molecule has 2 rings (SSSR count). The first-order valence-corrected chi connectivity index (χ1v) is 6.71. The van der Waals surface area contributed by atoms with Crippen LogP contribution in [0.4, 0.5) is 10.2 Å². The van der Waals surface area contributed by atoms with Crippen molar-refractivity contribution in [2.24, 2.45) is 0 Å². The molecule has 0 saturated carbocycles. The van der Waals surface area contributed by atoms with Crippen LogP contribution in [0.5, 0.6) is 0 Å². The SMILES string of the molecule is CCC(OC(=O)c1ccccc1F)C(=O)Nc1cc(C)on1. The number of hydrogen-bond acceptors (Lipinski definition) is 5. The zero-order valence-electron chi connectivity index (χ0n) is 12.1. The molecule has 116 valence electrons. The predicted molar refractivity (Wildman–Crippen MR) is 75.8 cm³/mol. The lowest BCUT2D eigenvalue weighted by Crippen LogP contribution is -2.32. The normalized spacial score (nSPS) is 11.8. The summed E-state index contributed by atoms with van der Waals surface area (Å²) < 4.78 is 23.4. The number of amides is 1. The minimum Gasteiger partial charge on any atom is -0.449 e. The summed E-state index contributed by atoms with van der Waals surface area (Å²) >= 11 is 0. The summed E-state index contributed by atoms with van der Waals surface area (Å²) in [5.74, 6) is -1.39. The predicted octanol–water partition coefficient (Wildman–Crippen LogP) is 2.70. The van der Waals surface area contributed by atoms with Gasteiger partial charge in [-0.15, -0.1) is 0 Å². The highest BCUT2D eigenvalue weighted by Gasteiger charge is 2.24. The van der Waals surface area contributed by atoms with Gasteiger partial charge in [-0.1, -0.05) is 24.2 Å². The van der Waals surface area contributed by atoms with Crippen molar-refractivity contribution in [3.05, 3.63) is 47.5 Å². The molecule has 1 unspecified atom stereocenters. The third-order valence-electron chi connectivity index (χ3n) is 2.89. The summed E-state index contributed by atoms with van der Waals surface area (Å²) in [5.41, 5.74) is -0.217. The van der Waals surface area contributed by atoms with Crippen LogP contribution in [0.2, 0.25) is 0 Å². The fourth-order valence-corrected chi connectivity index (χ4v) is 1.77. The first-order valence-electron chi connectivity index (χ1n) is 6.71. The van der Waals surface area contributed by atoms with E-state index in [0.717, 1.165) is 6.07 Å². The number of hydrogen-bond donors (Lipinski definition) is 1. The molecule has 1 amide bonds. The highest BCUT2D eigenvalue weighted by atomic mass is 19.1. The topological polar surface area (TPSA) is 81.4 Å². The molecule has 22 heavy (non-hydrogen) atoms. The maximum atomic E-state index is 13.5. The molecule has 0 aliphatic heterocycles. The van der Waals surface area contributed by atoms with Gasteiger partial charge in [0.05, 0.1) is 5.56 Å². The Labute approximate surface area is 126 Å². The van der Waals surface area contributed by atoms with E-state index in [-0.39, 0.29) is 17.8 Å². The highest BCUT2D eigenvalue weighted by Crippen LogP contribution is 2.13. The standard InChI is InChI=1S/C15H15FN2O4/c1-3-12(14(19)17-13-8-9(2)22-18-13)21-15(20)10-6-4-5-7-11(10)16/h4-8,12H,3H2,1-2H3,(H,17,18,19). The molecular weight excluding hydrogens is 291 g/mol. The fourth-order valence-electron chi connectivity index (χ4n) is 1.77. The highest BCUT2D eigenvalue weighted by molar-refractivity contribution is 5.97. The molecule has 0 aliphatic carbocycles. The summed E-state index contributed by atoms with van der Waals surface area (Å²) in [4.78, 5) is 24.0. The zero-order valence-corrected chi connectivity index (χ0v) is 12.1. The van der Waals surface area contributed by atoms with Gasteiger partial charge in [0.25, 0.3) is 5.91 Å². The Hall–Kier alpha value is -2.70. The summed E-state index contributed by atoms with van der Waals surface area (Å²) in [6.45, 7) is 3.35. The Balaban J connectivity index is 2.04. The molecule has 0 saturated heterocycles. The molecule has 1 heterocycles. The smallest absolute Gasteiger partial charge is 0.341 e. The average Bonchev–Trinajstić information content (AvgIpc) is 2.90. The van der Waals surface area contributed by atoms with Crippen molar-refractivity contribution in [1.29, 1.82) is 0 Å². The summed E-state index contributed by atoms with van der Waals surface area (Å²) in [5, 5.41) is 6.09. The Morgan fingerprint density at radius 1 is 1.41 bits per heavy atom. The van der Waals surface area contributed by atoms with Crippen LogP contribution in [0.3, 0.4) is 0 Å². The first kappa shape index (κ1) is 15.7. The van der Waals surface area contributed by atoms with Crippen LogP contribution in [0.1, 0.15) is 29.5 Å². The molecule has 6 nitrogen and oxygen atoms in total. The number of anilines is 1. The van der Waals surface area contributed by atoms with Crippen LogP contribution < -0.4 is 5.32 Å². The van der Waals surface area contributed by atoms with Crippen molar-refractivity contribution in [1.82, 2.24) is 5.16 Å². The molecule has 0 spiro atoms. The van der Waals surface area contributed by atoms with E-state index in [9.17, 15) is 14.0 Å². The van der Waals surface area contributed by atoms with Crippen LogP contribution in [-0.4, -0.2) is 23.1 Å². The Morgan fingerprint density at radius 3 is 2.73 bits per heavy atom. The van der Waals surface area contributed by atoms with E-state index in [4.69, 9.17) is 9.26 Å². The Kier molecular flexibility index (Phi) is 4.88. The Bertz CT molecular complexity index is 684. The minimum absolute atomic E-state index is 0.217. The number of aromatic nitrogens is 1. The van der Waals surface area contributed by atoms with Crippen LogP contribution in [-0.2, 0) is 9.53 Å². The third-order valence-corrected chi connectivity index (χ3v) is 2.89. The van der Waals surface area contributed by atoms with Crippen LogP contribution in [0.25, 0.3) is 0 Å². The van der Waals surface area contributed by atoms with Crippen molar-refractivity contribution in [3.8, 4) is 0 Å². The van der Waals surface area contributed by atoms with Crippen LogP contribution in [0, 0.1) is 12.7 Å². The van der Waals surface area contributed by atoms with Gasteiger partial charge in [0.1, 0.15) is 11.6 Å². The second kappa shape index (κ2) is 6.84. The van der Waals surface area contributed by atoms with E-state index in [1.807, 2.05) is 0 Å². The second-order valence-corrected chi connectivity index (χ2v) is 4.59. The number of rotatable bonds is 5. The number of aryl methyl sites for hydroxylation is 1. The van der Waals surface area contributed by atoms with E-state index >= 15 is 0 Å². The molecule has 0 aliphatic rings. The van der Waals surface area contributed by atoms with Crippen molar-refractivity contribution in [2.45, 2.75) is 26.4 Å². The van der Waals surface area contributed by atoms with Gasteiger partial charge < -0.3 is 14.6 Å². The number of carbonyl (C=O) groups excluding carboxylic acids is 2. The fraction of sp³-hybridized carbons (Fsp3) is 0.267. The van der Waals surface area contributed by atoms with Gasteiger partial charge in [-0.25, -0.2) is 9.18 Å². The minimum atomic E-state index is -1.05. The van der Waals surface area contributed by atoms with Crippen molar-refractivity contribution in [2.75, 3.05) is 5.32 Å². The van der Waals surface area contributed by atoms with E-state index in [1.165, 1.54) is 24.3 Å². The third kappa shape index (κ3) is 3.69. The summed E-state index contributed by atoms with van der Waals surface area (Å²) in [6.07, 6.45) is -0.813. The van der Waals surface area contributed by atoms with Gasteiger partial charge in [0, 0.05) is 6.07 Å². The monoisotopic (exact) mass is 306 g/mol. The molecule has 1 atom stereocenters. The van der Waals surface area contributed by atoms with Gasteiger partial charge in [-0.3, -0.25) is 4.79 Å². The van der Waals surface area contributed by atoms with E-state index in [1.54, 1.807) is 13.8 Å². The van der Waals surface area contributed by atoms with Gasteiger partial charge in [0.2, 0.25) is 0 Å². The largest absolute Gasteiger partial charge is 0.449 e. The number of esters is 1. The number of benzene rings is 1. The van der Waals surface area contributed by atoms with Gasteiger partial charge in [-0.2, -0.15) is 0 Å². The van der Waals surface area contributed by atoms with Crippen molar-refractivity contribution in [3.63, 3.8) is 0 Å². The molecule has 0 fully saturated rings. The van der Waals surface area contributed by atoms with Gasteiger partial charge >= 0.3 is 5.97 Å². The molecule has 1 N–H and O–H groups in total. The maximum absolute atomic E-state index is 13.5. The molecule has 2 aromatic rings. The molecule has 0 radical (unpaired) electrons. The van der Waals surface area contributed by atoms with E-state index in [2.05, 4.69) is 10.5 Å². The van der Waals surface area contributed by atoms with Crippen LogP contribution in [0.15, 0.2) is 34.9 Å². The molecule has 7 heteroatoms. The zero-order chi connectivity index (χ0) is 16.1. The number of carbonyl (C=O) groups is 2. The summed E-state index contributed by atoms with van der Waals surface area (Å²) in [6, 6.07) is 6.95. The molecule has 1 aromatic carbocycles. The lowest BCUT2D eigenvalue weighted by Gasteiger charge is -2.15. The van der Waals surface area contributed by atoms with Crippen molar-refractivity contribution >= 4 is 17.7 Å². The van der Waals surface area contributed by atoms with Crippen LogP contribution >= 0.6 is 0 Å². The number of nitrogens with one attached hydrogen (secondary N) is 1. The Morgan fingerprint density at radius 2 is 2.14 bits per heavy atom. The molecule has 0 bridgehead atoms. The second-order valence-electron chi connectivity index (χ2n) is 4.59. The maximum Gasteiger partial charge on any atom is 0.341 e. The molecular formula is C15H15FN2O4.